The Hall–Kier alpha value is -3.55. The topological polar surface area (TPSA) is 154 Å². The molecule has 46 heavy (non-hydrogen) atoms. The Bertz CT molecular complexity index is 1680. The highest BCUT2D eigenvalue weighted by Gasteiger charge is 2.54. The molecule has 1 atom stereocenters. The number of rotatable bonds is 9. The number of nitrogens with one attached hydrogen (secondary N) is 3. The van der Waals surface area contributed by atoms with Gasteiger partial charge in [0.05, 0.1) is 26.5 Å². The third-order valence-corrected chi connectivity index (χ3v) is 12.2. The summed E-state index contributed by atoms with van der Waals surface area (Å²) in [5.41, 5.74) is 0.305. The summed E-state index contributed by atoms with van der Waals surface area (Å²) in [4.78, 5) is 36.6. The monoisotopic (exact) mass is 668 g/mol. The maximum atomic E-state index is 13.8. The number of aromatic nitrogens is 2. The summed E-state index contributed by atoms with van der Waals surface area (Å²) in [5.74, 6) is 0. The third kappa shape index (κ3) is 6.91. The lowest BCUT2D eigenvalue weighted by Gasteiger charge is -2.57. The van der Waals surface area contributed by atoms with Gasteiger partial charge in [-0.2, -0.15) is 0 Å². The van der Waals surface area contributed by atoms with Crippen molar-refractivity contribution in [1.82, 2.24) is 24.9 Å². The van der Waals surface area contributed by atoms with Crippen LogP contribution in [0.1, 0.15) is 96.8 Å². The van der Waals surface area contributed by atoms with E-state index in [1.807, 2.05) is 32.9 Å². The van der Waals surface area contributed by atoms with Crippen molar-refractivity contribution < 1.29 is 23.1 Å². The molecule has 2 heterocycles. The highest BCUT2D eigenvalue weighted by molar-refractivity contribution is 7.89. The van der Waals surface area contributed by atoms with Gasteiger partial charge in [-0.3, -0.25) is 4.98 Å². The van der Waals surface area contributed by atoms with Crippen molar-refractivity contribution in [2.24, 2.45) is 0 Å². The first-order valence-electron chi connectivity index (χ1n) is 15.7. The van der Waals surface area contributed by atoms with Gasteiger partial charge in [0.25, 0.3) is 0 Å². The molecule has 1 aromatic carbocycles. The molecule has 2 bridgehead atoms. The Morgan fingerprint density at radius 1 is 1.00 bits per heavy atom. The Kier molecular flexibility index (Phi) is 9.24. The van der Waals surface area contributed by atoms with Gasteiger partial charge in [0, 0.05) is 46.2 Å². The molecule has 0 spiro atoms. The number of carbonyl (C=O) groups excluding carboxylic acids is 1. The Balaban J connectivity index is 1.41. The summed E-state index contributed by atoms with van der Waals surface area (Å²) in [7, 11) is -4.00. The second-order valence-electron chi connectivity index (χ2n) is 13.9. The smallest absolute Gasteiger partial charge is 0.407 e. The molecule has 3 fully saturated rings. The van der Waals surface area contributed by atoms with Crippen molar-refractivity contribution in [3.63, 3.8) is 0 Å². The molecule has 3 saturated carbocycles. The molecule has 3 amide bonds. The van der Waals surface area contributed by atoms with Crippen LogP contribution in [0.3, 0.4) is 0 Å². The van der Waals surface area contributed by atoms with Crippen LogP contribution in [-0.2, 0) is 15.4 Å². The van der Waals surface area contributed by atoms with Crippen molar-refractivity contribution in [3.05, 3.63) is 59.5 Å². The molecular weight excluding hydrogens is 625 g/mol. The van der Waals surface area contributed by atoms with E-state index in [0.29, 0.717) is 16.9 Å². The number of thiazole rings is 1. The normalized spacial score (nSPS) is 22.0. The number of hydrogen-bond donors (Lipinski definition) is 4. The molecule has 3 aliphatic carbocycles. The number of urea groups is 1. The van der Waals surface area contributed by atoms with Crippen LogP contribution in [-0.4, -0.2) is 57.6 Å². The van der Waals surface area contributed by atoms with Crippen molar-refractivity contribution in [3.8, 4) is 10.4 Å². The van der Waals surface area contributed by atoms with Gasteiger partial charge in [-0.15, -0.1) is 11.3 Å². The number of pyridine rings is 1. The van der Waals surface area contributed by atoms with Crippen molar-refractivity contribution in [1.29, 1.82) is 0 Å². The van der Waals surface area contributed by atoms with E-state index in [0.717, 1.165) is 48.4 Å². The van der Waals surface area contributed by atoms with Crippen molar-refractivity contribution in [2.75, 3.05) is 5.32 Å². The Morgan fingerprint density at radius 3 is 2.24 bits per heavy atom. The molecule has 6 rings (SSSR count). The number of nitrogens with zero attached hydrogens (tertiary/aromatic N) is 3. The predicted molar refractivity (Wildman–Crippen MR) is 180 cm³/mol. The van der Waals surface area contributed by atoms with E-state index in [1.54, 1.807) is 56.3 Å². The highest BCUT2D eigenvalue weighted by Crippen LogP contribution is 2.57. The maximum Gasteiger partial charge on any atom is 0.407 e. The van der Waals surface area contributed by atoms with Crippen LogP contribution in [0, 0.1) is 0 Å². The van der Waals surface area contributed by atoms with Gasteiger partial charge in [0.2, 0.25) is 10.0 Å². The lowest BCUT2D eigenvalue weighted by molar-refractivity contribution is -0.0288. The van der Waals surface area contributed by atoms with Crippen molar-refractivity contribution >= 4 is 39.2 Å². The molecule has 248 valence electrons. The van der Waals surface area contributed by atoms with Gasteiger partial charge < -0.3 is 20.6 Å². The molecule has 0 aliphatic heterocycles. The number of fused-ring (bicyclic) bond motifs is 3. The van der Waals surface area contributed by atoms with Gasteiger partial charge >= 0.3 is 12.1 Å². The molecule has 0 unspecified atom stereocenters. The van der Waals surface area contributed by atoms with Gasteiger partial charge in [-0.05, 0) is 104 Å². The van der Waals surface area contributed by atoms with E-state index in [-0.39, 0.29) is 27.9 Å². The van der Waals surface area contributed by atoms with E-state index in [9.17, 15) is 23.1 Å². The zero-order chi connectivity index (χ0) is 33.5. The molecule has 13 heteroatoms. The minimum Gasteiger partial charge on any atom is -0.465 e. The molecule has 3 aromatic rings. The van der Waals surface area contributed by atoms with Crippen LogP contribution < -0.4 is 15.4 Å². The lowest BCUT2D eigenvalue weighted by Crippen LogP contribution is -2.61. The number of benzene rings is 1. The Labute approximate surface area is 275 Å². The largest absolute Gasteiger partial charge is 0.465 e. The van der Waals surface area contributed by atoms with Crippen LogP contribution in [0.25, 0.3) is 10.4 Å². The summed E-state index contributed by atoms with van der Waals surface area (Å²) in [6.07, 6.45) is 7.38. The number of carbonyl (C=O) groups is 2. The van der Waals surface area contributed by atoms with E-state index in [1.165, 1.54) is 17.4 Å². The number of carboxylic acid groups (broad SMARTS) is 1. The second kappa shape index (κ2) is 12.6. The van der Waals surface area contributed by atoms with Gasteiger partial charge in [-0.1, -0.05) is 12.1 Å². The second-order valence-corrected chi connectivity index (χ2v) is 16.6. The number of anilines is 1. The first kappa shape index (κ1) is 33.8. The average Bonchev–Trinajstić information content (AvgIpc) is 3.48. The van der Waals surface area contributed by atoms with Gasteiger partial charge in [-0.25, -0.2) is 27.7 Å². The summed E-state index contributed by atoms with van der Waals surface area (Å²) < 4.78 is 30.3. The predicted octanol–water partition coefficient (Wildman–Crippen LogP) is 6.90. The standard InChI is InChI=1S/C33H44N6O5S2/c1-21(2)39(30(41)42)33-15-12-32(13-16-33,14-17-33)28-35-20-26(45-28)24-11-10-23(19-27(24)46(43,44)38-31(4,5)6)37-29(40)36-22(3)25-9-7-8-18-34-25/h7-11,18-22,38H,12-17H2,1-6H3,(H,41,42)(H2,36,37,40)/t22-,32?,33?/m0/s1. The van der Waals surface area contributed by atoms with Crippen LogP contribution in [0.2, 0.25) is 0 Å². The maximum absolute atomic E-state index is 13.8. The highest BCUT2D eigenvalue weighted by atomic mass is 32.2. The summed E-state index contributed by atoms with van der Waals surface area (Å²) >= 11 is 1.49. The summed E-state index contributed by atoms with van der Waals surface area (Å²) in [5, 5.41) is 16.5. The molecule has 2 aromatic heterocycles. The van der Waals surface area contributed by atoms with Crippen LogP contribution in [0.5, 0.6) is 0 Å². The van der Waals surface area contributed by atoms with E-state index < -0.39 is 27.7 Å². The fourth-order valence-corrected chi connectivity index (χ4v) is 9.98. The third-order valence-electron chi connectivity index (χ3n) is 9.11. The SMILES string of the molecule is CC(C)N(C(=O)O)C12CCC(c3ncc(-c4ccc(NC(=O)N[C@@H](C)c5ccccn5)cc4S(=O)(=O)NC(C)(C)C)s3)(CC1)CC2. The summed E-state index contributed by atoms with van der Waals surface area (Å²) in [6.45, 7) is 11.0. The van der Waals surface area contributed by atoms with E-state index in [2.05, 4.69) is 20.3 Å². The zero-order valence-electron chi connectivity index (χ0n) is 27.3. The molecule has 0 radical (unpaired) electrons. The fraction of sp³-hybridized carbons (Fsp3) is 0.515. The Morgan fingerprint density at radius 2 is 1.67 bits per heavy atom. The van der Waals surface area contributed by atoms with Gasteiger partial charge in [0.1, 0.15) is 0 Å². The number of hydrogen-bond acceptors (Lipinski definition) is 7. The number of amides is 3. The van der Waals surface area contributed by atoms with Crippen molar-refractivity contribution in [2.45, 2.75) is 114 Å². The molecule has 3 aliphatic rings. The molecule has 4 N–H and O–H groups in total. The summed E-state index contributed by atoms with van der Waals surface area (Å²) in [6, 6.07) is 9.41. The molecule has 0 saturated heterocycles. The molecular formula is C33H44N6O5S2. The first-order valence-corrected chi connectivity index (χ1v) is 18.0. The minimum absolute atomic E-state index is 0.0473. The van der Waals surface area contributed by atoms with Crippen LogP contribution >= 0.6 is 11.3 Å². The van der Waals surface area contributed by atoms with Crippen LogP contribution in [0.4, 0.5) is 15.3 Å². The lowest BCUT2D eigenvalue weighted by atomic mass is 9.57. The fourth-order valence-electron chi connectivity index (χ4n) is 7.02. The minimum atomic E-state index is -4.00. The average molecular weight is 669 g/mol. The van der Waals surface area contributed by atoms with Gasteiger partial charge in [0.15, 0.2) is 0 Å². The van der Waals surface area contributed by atoms with E-state index in [4.69, 9.17) is 4.98 Å². The quantitative estimate of drug-likeness (QED) is 0.194. The zero-order valence-corrected chi connectivity index (χ0v) is 28.9. The molecule has 11 nitrogen and oxygen atoms in total. The first-order chi connectivity index (χ1) is 21.5. The van der Waals surface area contributed by atoms with Crippen LogP contribution in [0.15, 0.2) is 53.7 Å². The number of sulfonamides is 1. The van der Waals surface area contributed by atoms with E-state index >= 15 is 0 Å².